The molecule has 12 nitrogen and oxygen atoms in total. The van der Waals surface area contributed by atoms with Gasteiger partial charge in [-0.2, -0.15) is 0 Å². The molecule has 0 rings (SSSR count). The van der Waals surface area contributed by atoms with Crippen molar-refractivity contribution >= 4 is 29.7 Å². The van der Waals surface area contributed by atoms with Gasteiger partial charge in [0.25, 0.3) is 0 Å². The van der Waals surface area contributed by atoms with Gasteiger partial charge in [0, 0.05) is 6.42 Å². The Morgan fingerprint density at radius 3 is 1.82 bits per heavy atom. The van der Waals surface area contributed by atoms with Crippen LogP contribution in [0.5, 0.6) is 0 Å². The molecule has 8 N–H and O–H groups in total. The molecule has 0 aliphatic heterocycles. The van der Waals surface area contributed by atoms with Gasteiger partial charge in [0.1, 0.15) is 18.1 Å². The van der Waals surface area contributed by atoms with Crippen molar-refractivity contribution < 1.29 is 39.3 Å². The number of hydrogen-bond acceptors (Lipinski definition) is 7. The lowest BCUT2D eigenvalue weighted by atomic mass is 9.98. The maximum absolute atomic E-state index is 12.8. The van der Waals surface area contributed by atoms with Gasteiger partial charge in [-0.3, -0.25) is 19.2 Å². The van der Waals surface area contributed by atoms with Gasteiger partial charge in [0.2, 0.25) is 17.7 Å². The smallest absolute Gasteiger partial charge is 0.326 e. The summed E-state index contributed by atoms with van der Waals surface area (Å²) in [6.45, 7) is 8.49. The minimum atomic E-state index is -1.46. The van der Waals surface area contributed by atoms with Gasteiger partial charge in [-0.15, -0.1) is 0 Å². The summed E-state index contributed by atoms with van der Waals surface area (Å²) in [6.07, 6.45) is -1.34. The summed E-state index contributed by atoms with van der Waals surface area (Å²) >= 11 is 0. The van der Waals surface area contributed by atoms with Crippen LogP contribution in [0.2, 0.25) is 0 Å². The van der Waals surface area contributed by atoms with Crippen LogP contribution < -0.4 is 21.7 Å². The van der Waals surface area contributed by atoms with Crippen molar-refractivity contribution in [2.45, 2.75) is 90.6 Å². The lowest BCUT2D eigenvalue weighted by molar-refractivity contribution is -0.143. The molecule has 6 unspecified atom stereocenters. The van der Waals surface area contributed by atoms with E-state index < -0.39 is 66.4 Å². The Hall–Kier alpha value is -2.73. The van der Waals surface area contributed by atoms with E-state index in [0.29, 0.717) is 6.42 Å². The number of carbonyl (C=O) groups is 5. The van der Waals surface area contributed by atoms with Gasteiger partial charge < -0.3 is 37.0 Å². The second-order valence-corrected chi connectivity index (χ2v) is 8.66. The van der Waals surface area contributed by atoms with Crippen LogP contribution in [0.25, 0.3) is 0 Å². The van der Waals surface area contributed by atoms with E-state index in [0.717, 1.165) is 0 Å². The quantitative estimate of drug-likeness (QED) is 0.158. The Morgan fingerprint density at radius 1 is 0.848 bits per heavy atom. The molecule has 0 spiro atoms. The first-order valence-corrected chi connectivity index (χ1v) is 11.0. The number of aliphatic hydroxyl groups excluding tert-OH is 1. The molecule has 0 aromatic carbocycles. The van der Waals surface area contributed by atoms with Crippen LogP contribution in [0.15, 0.2) is 0 Å². The zero-order valence-electron chi connectivity index (χ0n) is 19.8. The molecule has 0 aromatic heterocycles. The first-order chi connectivity index (χ1) is 15.2. The highest BCUT2D eigenvalue weighted by Gasteiger charge is 2.33. The van der Waals surface area contributed by atoms with Crippen molar-refractivity contribution in [2.24, 2.45) is 17.6 Å². The number of aliphatic carboxylic acids is 2. The molecule has 190 valence electrons. The predicted octanol–water partition coefficient (Wildman–Crippen LogP) is -0.809. The van der Waals surface area contributed by atoms with Crippen LogP contribution in [-0.2, 0) is 24.0 Å². The highest BCUT2D eigenvalue weighted by Crippen LogP contribution is 2.09. The molecule has 3 amide bonds. The highest BCUT2D eigenvalue weighted by atomic mass is 16.4. The number of nitrogens with one attached hydrogen (secondary N) is 3. The van der Waals surface area contributed by atoms with Crippen molar-refractivity contribution in [2.75, 3.05) is 0 Å². The highest BCUT2D eigenvalue weighted by molar-refractivity contribution is 5.94. The number of aliphatic hydroxyl groups is 1. The third-order valence-corrected chi connectivity index (χ3v) is 5.22. The molecule has 0 aliphatic carbocycles. The summed E-state index contributed by atoms with van der Waals surface area (Å²) in [6, 6.07) is -4.92. The predicted molar refractivity (Wildman–Crippen MR) is 119 cm³/mol. The summed E-state index contributed by atoms with van der Waals surface area (Å²) in [5.74, 6) is -5.16. The number of rotatable bonds is 15. The number of carbonyl (C=O) groups excluding carboxylic acids is 3. The van der Waals surface area contributed by atoms with E-state index in [1.54, 1.807) is 20.8 Å². The molecule has 0 aromatic rings. The lowest BCUT2D eigenvalue weighted by Crippen LogP contribution is -2.60. The number of amides is 3. The van der Waals surface area contributed by atoms with E-state index in [1.165, 1.54) is 6.92 Å². The molecule has 6 atom stereocenters. The second-order valence-electron chi connectivity index (χ2n) is 8.66. The Bertz CT molecular complexity index is 698. The Morgan fingerprint density at radius 2 is 1.39 bits per heavy atom. The average molecular weight is 475 g/mol. The average Bonchev–Trinajstić information content (AvgIpc) is 2.71. The summed E-state index contributed by atoms with van der Waals surface area (Å²) in [4.78, 5) is 60.1. The van der Waals surface area contributed by atoms with Crippen LogP contribution in [-0.4, -0.2) is 75.3 Å². The fraction of sp³-hybridized carbons (Fsp3) is 0.762. The van der Waals surface area contributed by atoms with Crippen LogP contribution in [0.3, 0.4) is 0 Å². The second kappa shape index (κ2) is 14.4. The summed E-state index contributed by atoms with van der Waals surface area (Å²) in [5, 5.41) is 35.2. The Kier molecular flexibility index (Phi) is 13.2. The van der Waals surface area contributed by atoms with E-state index in [1.807, 2.05) is 6.92 Å². The lowest BCUT2D eigenvalue weighted by Gasteiger charge is -2.28. The van der Waals surface area contributed by atoms with Gasteiger partial charge >= 0.3 is 11.9 Å². The van der Waals surface area contributed by atoms with Crippen LogP contribution >= 0.6 is 0 Å². The topological polar surface area (TPSA) is 208 Å². The van der Waals surface area contributed by atoms with Gasteiger partial charge in [0.15, 0.2) is 0 Å². The van der Waals surface area contributed by atoms with Crippen LogP contribution in [0, 0.1) is 11.8 Å². The third-order valence-electron chi connectivity index (χ3n) is 5.22. The van der Waals surface area contributed by atoms with E-state index in [9.17, 15) is 34.2 Å². The standard InChI is InChI=1S/C21H38N4O8/c1-6-11(4)16(22)19(30)25-17(12(5)26)20(31)24-14(9-10(2)3)18(29)23-13(21(32)33)7-8-15(27)28/h10-14,16-17,26H,6-9,22H2,1-5H3,(H,23,29)(H,24,31)(H,25,30)(H,27,28)(H,32,33). The maximum Gasteiger partial charge on any atom is 0.326 e. The molecule has 0 bridgehead atoms. The van der Waals surface area contributed by atoms with Gasteiger partial charge in [0.05, 0.1) is 12.1 Å². The number of hydrogen-bond donors (Lipinski definition) is 7. The zero-order valence-corrected chi connectivity index (χ0v) is 19.8. The SMILES string of the molecule is CCC(C)C(N)C(=O)NC(C(=O)NC(CC(C)C)C(=O)NC(CCC(=O)O)C(=O)O)C(C)O. The number of nitrogens with two attached hydrogens (primary N) is 1. The van der Waals surface area contributed by atoms with E-state index >= 15 is 0 Å². The van der Waals surface area contributed by atoms with Crippen molar-refractivity contribution in [3.63, 3.8) is 0 Å². The molecule has 0 heterocycles. The summed E-state index contributed by atoms with van der Waals surface area (Å²) in [5.41, 5.74) is 5.88. The summed E-state index contributed by atoms with van der Waals surface area (Å²) in [7, 11) is 0. The fourth-order valence-electron chi connectivity index (χ4n) is 2.93. The van der Waals surface area contributed by atoms with Crippen molar-refractivity contribution in [3.05, 3.63) is 0 Å². The normalized spacial score (nSPS) is 16.6. The van der Waals surface area contributed by atoms with Gasteiger partial charge in [-0.1, -0.05) is 34.1 Å². The van der Waals surface area contributed by atoms with Crippen LogP contribution in [0.4, 0.5) is 0 Å². The molecular formula is C21H38N4O8. The summed E-state index contributed by atoms with van der Waals surface area (Å²) < 4.78 is 0. The van der Waals surface area contributed by atoms with Crippen molar-refractivity contribution in [3.8, 4) is 0 Å². The van der Waals surface area contributed by atoms with Crippen molar-refractivity contribution in [1.82, 2.24) is 16.0 Å². The molecule has 0 fully saturated rings. The first kappa shape index (κ1) is 30.3. The number of carboxylic acids is 2. The minimum absolute atomic E-state index is 0.0817. The third kappa shape index (κ3) is 11.1. The molecule has 0 saturated heterocycles. The van der Waals surface area contributed by atoms with E-state index in [4.69, 9.17) is 10.8 Å². The molecule has 0 aliphatic rings. The molecule has 33 heavy (non-hydrogen) atoms. The first-order valence-electron chi connectivity index (χ1n) is 11.0. The van der Waals surface area contributed by atoms with E-state index in [2.05, 4.69) is 16.0 Å². The Balaban J connectivity index is 5.47. The Labute approximate surface area is 193 Å². The maximum atomic E-state index is 12.8. The zero-order chi connectivity index (χ0) is 25.9. The molecular weight excluding hydrogens is 436 g/mol. The monoisotopic (exact) mass is 474 g/mol. The van der Waals surface area contributed by atoms with Gasteiger partial charge in [-0.05, 0) is 31.6 Å². The van der Waals surface area contributed by atoms with E-state index in [-0.39, 0.29) is 24.7 Å². The fourth-order valence-corrected chi connectivity index (χ4v) is 2.93. The van der Waals surface area contributed by atoms with Crippen molar-refractivity contribution in [1.29, 1.82) is 0 Å². The molecule has 0 radical (unpaired) electrons. The molecule has 12 heteroatoms. The minimum Gasteiger partial charge on any atom is -0.481 e. The molecule has 0 saturated carbocycles. The number of carboxylic acid groups (broad SMARTS) is 2. The van der Waals surface area contributed by atoms with Gasteiger partial charge in [-0.25, -0.2) is 4.79 Å². The largest absolute Gasteiger partial charge is 0.481 e. The van der Waals surface area contributed by atoms with Crippen LogP contribution in [0.1, 0.15) is 60.3 Å².